The summed E-state index contributed by atoms with van der Waals surface area (Å²) in [6.07, 6.45) is -3.06. The van der Waals surface area contributed by atoms with E-state index in [4.69, 9.17) is 11.6 Å². The number of carboxylic acid groups (broad SMARTS) is 1. The molecule has 1 unspecified atom stereocenters. The standard InChI is InChI=1S/C18H21ClF3N3O3/c19-11-6-10(18(20,21)22)7-12(8-11)24-14-2-1-5-25(16(14)26)15-9-23-4-3-13(15)17(27)28/h6-8,13-15,23-24H,1-5,9H2,(H,27,28)/t13?,14-,15+/m1/s1. The van der Waals surface area contributed by atoms with Crippen molar-refractivity contribution in [1.82, 2.24) is 10.2 Å². The van der Waals surface area contributed by atoms with Crippen LogP contribution in [-0.4, -0.2) is 53.6 Å². The van der Waals surface area contributed by atoms with Gasteiger partial charge in [-0.15, -0.1) is 0 Å². The van der Waals surface area contributed by atoms with E-state index in [1.165, 1.54) is 6.07 Å². The van der Waals surface area contributed by atoms with Crippen molar-refractivity contribution in [1.29, 1.82) is 0 Å². The number of carbonyl (C=O) groups excluding carboxylic acids is 1. The third-order valence-corrected chi connectivity index (χ3v) is 5.42. The van der Waals surface area contributed by atoms with E-state index in [2.05, 4.69) is 10.6 Å². The third-order valence-electron chi connectivity index (χ3n) is 5.21. The fourth-order valence-corrected chi connectivity index (χ4v) is 4.09. The Morgan fingerprint density at radius 3 is 2.71 bits per heavy atom. The molecular formula is C18H21ClF3N3O3. The number of nitrogens with zero attached hydrogens (tertiary/aromatic N) is 1. The Labute approximate surface area is 165 Å². The first kappa shape index (κ1) is 20.7. The van der Waals surface area contributed by atoms with Crippen LogP contribution in [0.4, 0.5) is 18.9 Å². The second-order valence-electron chi connectivity index (χ2n) is 7.10. The van der Waals surface area contributed by atoms with Gasteiger partial charge in [0.25, 0.3) is 0 Å². The molecule has 10 heteroatoms. The summed E-state index contributed by atoms with van der Waals surface area (Å²) in [5.74, 6) is -1.91. The van der Waals surface area contributed by atoms with E-state index in [9.17, 15) is 27.9 Å². The van der Waals surface area contributed by atoms with E-state index in [0.717, 1.165) is 12.1 Å². The molecule has 2 fully saturated rings. The fraction of sp³-hybridized carbons (Fsp3) is 0.556. The van der Waals surface area contributed by atoms with Gasteiger partial charge >= 0.3 is 12.1 Å². The second-order valence-corrected chi connectivity index (χ2v) is 7.54. The van der Waals surface area contributed by atoms with Crippen molar-refractivity contribution < 1.29 is 27.9 Å². The number of benzene rings is 1. The van der Waals surface area contributed by atoms with Crippen LogP contribution in [0.3, 0.4) is 0 Å². The highest BCUT2D eigenvalue weighted by Gasteiger charge is 2.41. The minimum Gasteiger partial charge on any atom is -0.481 e. The molecule has 2 heterocycles. The maximum absolute atomic E-state index is 13.0. The predicted molar refractivity (Wildman–Crippen MR) is 97.2 cm³/mol. The average Bonchev–Trinajstić information content (AvgIpc) is 2.62. The van der Waals surface area contributed by atoms with Gasteiger partial charge in [0, 0.05) is 23.8 Å². The lowest BCUT2D eigenvalue weighted by molar-refractivity contribution is -0.149. The van der Waals surface area contributed by atoms with Crippen LogP contribution in [0.1, 0.15) is 24.8 Å². The maximum Gasteiger partial charge on any atom is 0.416 e. The fourth-order valence-electron chi connectivity index (χ4n) is 3.86. The van der Waals surface area contributed by atoms with Crippen LogP contribution in [0.5, 0.6) is 0 Å². The zero-order valence-electron chi connectivity index (χ0n) is 14.9. The highest BCUT2D eigenvalue weighted by atomic mass is 35.5. The lowest BCUT2D eigenvalue weighted by Gasteiger charge is -2.42. The van der Waals surface area contributed by atoms with Gasteiger partial charge in [0.05, 0.1) is 17.5 Å². The SMILES string of the molecule is O=C(O)C1CCNC[C@@H]1N1CCC[C@@H](Nc2cc(Cl)cc(C(F)(F)F)c2)C1=O. The van der Waals surface area contributed by atoms with Crippen molar-refractivity contribution in [2.45, 2.75) is 37.5 Å². The summed E-state index contributed by atoms with van der Waals surface area (Å²) >= 11 is 5.81. The molecular weight excluding hydrogens is 399 g/mol. The lowest BCUT2D eigenvalue weighted by atomic mass is 9.89. The van der Waals surface area contributed by atoms with E-state index < -0.39 is 35.7 Å². The smallest absolute Gasteiger partial charge is 0.416 e. The average molecular weight is 420 g/mol. The van der Waals surface area contributed by atoms with Gasteiger partial charge in [-0.2, -0.15) is 13.2 Å². The van der Waals surface area contributed by atoms with Crippen molar-refractivity contribution in [3.05, 3.63) is 28.8 Å². The number of alkyl halides is 3. The quantitative estimate of drug-likeness (QED) is 0.699. The molecule has 2 aliphatic heterocycles. The number of aliphatic carboxylic acids is 1. The number of piperidine rings is 2. The molecule has 1 amide bonds. The van der Waals surface area contributed by atoms with Crippen LogP contribution in [0.2, 0.25) is 5.02 Å². The molecule has 3 N–H and O–H groups in total. The molecule has 3 atom stereocenters. The summed E-state index contributed by atoms with van der Waals surface area (Å²) in [4.78, 5) is 26.0. The van der Waals surface area contributed by atoms with Crippen molar-refractivity contribution in [3.63, 3.8) is 0 Å². The van der Waals surface area contributed by atoms with Crippen LogP contribution >= 0.6 is 11.6 Å². The highest BCUT2D eigenvalue weighted by Crippen LogP contribution is 2.34. The number of halogens is 4. The number of hydrogen-bond acceptors (Lipinski definition) is 4. The van der Waals surface area contributed by atoms with Crippen LogP contribution in [0.15, 0.2) is 18.2 Å². The topological polar surface area (TPSA) is 81.7 Å². The number of carboxylic acids is 1. The largest absolute Gasteiger partial charge is 0.481 e. The van der Waals surface area contributed by atoms with Crippen molar-refractivity contribution in [3.8, 4) is 0 Å². The lowest BCUT2D eigenvalue weighted by Crippen LogP contribution is -2.60. The predicted octanol–water partition coefficient (Wildman–Crippen LogP) is 2.82. The zero-order valence-corrected chi connectivity index (χ0v) is 15.7. The van der Waals surface area contributed by atoms with Crippen LogP contribution in [0.25, 0.3) is 0 Å². The molecule has 1 aromatic rings. The Bertz CT molecular complexity index is 759. The van der Waals surface area contributed by atoms with E-state index in [1.807, 2.05) is 0 Å². The first-order valence-corrected chi connectivity index (χ1v) is 9.43. The van der Waals surface area contributed by atoms with Gasteiger partial charge in [0.2, 0.25) is 5.91 Å². The molecule has 3 rings (SSSR count). The summed E-state index contributed by atoms with van der Waals surface area (Å²) in [6.45, 7) is 1.38. The molecule has 0 radical (unpaired) electrons. The number of amides is 1. The number of carbonyl (C=O) groups is 2. The van der Waals surface area contributed by atoms with Gasteiger partial charge in [0.15, 0.2) is 0 Å². The number of likely N-dealkylation sites (tertiary alicyclic amines) is 1. The first-order valence-electron chi connectivity index (χ1n) is 9.05. The molecule has 0 saturated carbocycles. The molecule has 0 bridgehead atoms. The monoisotopic (exact) mass is 419 g/mol. The molecule has 2 saturated heterocycles. The van der Waals surface area contributed by atoms with Crippen molar-refractivity contribution in [2.75, 3.05) is 25.0 Å². The van der Waals surface area contributed by atoms with Gasteiger partial charge in [-0.05, 0) is 44.0 Å². The van der Waals surface area contributed by atoms with Crippen LogP contribution in [-0.2, 0) is 15.8 Å². The minimum absolute atomic E-state index is 0.0835. The number of rotatable bonds is 4. The summed E-state index contributed by atoms with van der Waals surface area (Å²) < 4.78 is 39.0. The van der Waals surface area contributed by atoms with E-state index in [-0.39, 0.29) is 16.6 Å². The minimum atomic E-state index is -4.55. The molecule has 6 nitrogen and oxygen atoms in total. The second kappa shape index (κ2) is 8.16. The summed E-state index contributed by atoms with van der Waals surface area (Å²) in [6, 6.07) is 1.87. The Balaban J connectivity index is 1.78. The number of hydrogen-bond donors (Lipinski definition) is 3. The molecule has 154 valence electrons. The Kier molecular flexibility index (Phi) is 6.04. The molecule has 0 spiro atoms. The van der Waals surface area contributed by atoms with Gasteiger partial charge < -0.3 is 20.6 Å². The van der Waals surface area contributed by atoms with Crippen molar-refractivity contribution >= 4 is 29.2 Å². The van der Waals surface area contributed by atoms with E-state index >= 15 is 0 Å². The van der Waals surface area contributed by atoms with Gasteiger partial charge in [-0.3, -0.25) is 9.59 Å². The van der Waals surface area contributed by atoms with Gasteiger partial charge in [-0.25, -0.2) is 0 Å². The summed E-state index contributed by atoms with van der Waals surface area (Å²) in [5, 5.41) is 15.3. The third kappa shape index (κ3) is 4.52. The van der Waals surface area contributed by atoms with Crippen molar-refractivity contribution in [2.24, 2.45) is 5.92 Å². The zero-order chi connectivity index (χ0) is 20.5. The van der Waals surface area contributed by atoms with Gasteiger partial charge in [-0.1, -0.05) is 11.6 Å². The number of nitrogens with one attached hydrogen (secondary N) is 2. The summed E-state index contributed by atoms with van der Waals surface area (Å²) in [7, 11) is 0. The highest BCUT2D eigenvalue weighted by molar-refractivity contribution is 6.31. The molecule has 28 heavy (non-hydrogen) atoms. The van der Waals surface area contributed by atoms with Gasteiger partial charge in [0.1, 0.15) is 6.04 Å². The molecule has 0 aliphatic carbocycles. The normalized spacial score (nSPS) is 26.2. The first-order chi connectivity index (χ1) is 13.2. The Hall–Kier alpha value is -2.00. The Morgan fingerprint density at radius 1 is 1.29 bits per heavy atom. The van der Waals surface area contributed by atoms with E-state index in [1.54, 1.807) is 4.90 Å². The molecule has 1 aromatic carbocycles. The van der Waals surface area contributed by atoms with E-state index in [0.29, 0.717) is 38.9 Å². The van der Waals surface area contributed by atoms with Crippen LogP contribution < -0.4 is 10.6 Å². The Morgan fingerprint density at radius 2 is 2.04 bits per heavy atom. The molecule has 0 aromatic heterocycles. The summed E-state index contributed by atoms with van der Waals surface area (Å²) in [5.41, 5.74) is -0.790. The number of anilines is 1. The maximum atomic E-state index is 13.0. The molecule has 2 aliphatic rings. The van der Waals surface area contributed by atoms with Crippen LogP contribution in [0, 0.1) is 5.92 Å².